The monoisotopic (exact) mass is 457 g/mol. The number of benzene rings is 2. The average molecular weight is 458 g/mol. The van der Waals surface area contributed by atoms with E-state index >= 15 is 0 Å². The summed E-state index contributed by atoms with van der Waals surface area (Å²) in [5.74, 6) is -0.550. The number of aromatic nitrogens is 1. The van der Waals surface area contributed by atoms with Crippen molar-refractivity contribution in [3.8, 4) is 11.8 Å². The molecule has 0 aliphatic carbocycles. The summed E-state index contributed by atoms with van der Waals surface area (Å²) in [5, 5.41) is 14.6. The molecule has 2 heterocycles. The van der Waals surface area contributed by atoms with Gasteiger partial charge in [0.2, 0.25) is 0 Å². The Labute approximate surface area is 192 Å². The molecule has 158 valence electrons. The highest BCUT2D eigenvalue weighted by Gasteiger charge is 2.17. The van der Waals surface area contributed by atoms with Gasteiger partial charge in [-0.15, -0.1) is 22.7 Å². The Hall–Kier alpha value is -3.73. The fourth-order valence-corrected chi connectivity index (χ4v) is 5.22. The maximum Gasteiger partial charge on any atom is 0.273 e. The van der Waals surface area contributed by atoms with Crippen LogP contribution in [0.4, 0.5) is 5.69 Å². The molecule has 4 rings (SSSR count). The summed E-state index contributed by atoms with van der Waals surface area (Å²) in [7, 11) is 0. The van der Waals surface area contributed by atoms with Gasteiger partial charge in [0.1, 0.15) is 10.7 Å². The number of para-hydroxylation sites is 1. The molecular weight excluding hydrogens is 438 g/mol. The van der Waals surface area contributed by atoms with E-state index in [0.29, 0.717) is 20.6 Å². The lowest BCUT2D eigenvalue weighted by Gasteiger charge is -2.07. The fourth-order valence-electron chi connectivity index (χ4n) is 3.40. The molecule has 0 bridgehead atoms. The van der Waals surface area contributed by atoms with Gasteiger partial charge in [-0.05, 0) is 66.8 Å². The van der Waals surface area contributed by atoms with Crippen LogP contribution >= 0.6 is 22.7 Å². The minimum absolute atomic E-state index is 0.110. The third-order valence-electron chi connectivity index (χ3n) is 4.69. The maximum absolute atomic E-state index is 13.3. The minimum atomic E-state index is -0.550. The van der Waals surface area contributed by atoms with Gasteiger partial charge in [-0.1, -0.05) is 30.3 Å². The first kappa shape index (κ1) is 21.5. The van der Waals surface area contributed by atoms with Crippen LogP contribution in [-0.2, 0) is 4.79 Å². The number of hydrogen-bond donors (Lipinski definition) is 1. The fraction of sp³-hybridized carbons (Fsp3) is 0.0800. The lowest BCUT2D eigenvalue weighted by Crippen LogP contribution is -2.32. The molecule has 32 heavy (non-hydrogen) atoms. The van der Waals surface area contributed by atoms with Gasteiger partial charge in [-0.3, -0.25) is 14.2 Å². The standard InChI is InChI=1S/C25H19N3O2S2/c1-16-11-17(2)13-18(12-16)27-23(29)21(15-26)25-28(19-7-4-3-5-8-19)24(30)22(32-25)14-20-9-6-10-31-20/h3-14H,1-2H3,(H,27,29). The molecule has 4 aromatic rings. The molecule has 0 atom stereocenters. The van der Waals surface area contributed by atoms with Gasteiger partial charge < -0.3 is 5.32 Å². The van der Waals surface area contributed by atoms with E-state index < -0.39 is 5.91 Å². The van der Waals surface area contributed by atoms with Gasteiger partial charge in [-0.2, -0.15) is 5.26 Å². The number of hydrogen-bond acceptors (Lipinski definition) is 5. The normalized spacial score (nSPS) is 12.3. The number of carbonyl (C=O) groups is 1. The van der Waals surface area contributed by atoms with Gasteiger partial charge in [-0.25, -0.2) is 0 Å². The molecule has 5 nitrogen and oxygen atoms in total. The van der Waals surface area contributed by atoms with E-state index in [1.807, 2.05) is 73.8 Å². The topological polar surface area (TPSA) is 74.9 Å². The van der Waals surface area contributed by atoms with Gasteiger partial charge >= 0.3 is 0 Å². The van der Waals surface area contributed by atoms with Crippen molar-refractivity contribution in [2.75, 3.05) is 5.32 Å². The van der Waals surface area contributed by atoms with E-state index in [1.165, 1.54) is 15.9 Å². The first-order valence-electron chi connectivity index (χ1n) is 9.83. The van der Waals surface area contributed by atoms with E-state index in [9.17, 15) is 14.9 Å². The molecule has 0 aliphatic rings. The van der Waals surface area contributed by atoms with Crippen molar-refractivity contribution in [3.05, 3.63) is 102 Å². The van der Waals surface area contributed by atoms with Gasteiger partial charge in [0.05, 0.1) is 10.2 Å². The summed E-state index contributed by atoms with van der Waals surface area (Å²) in [6.45, 7) is 3.88. The van der Waals surface area contributed by atoms with Crippen LogP contribution in [0.3, 0.4) is 0 Å². The largest absolute Gasteiger partial charge is 0.321 e. The molecule has 0 radical (unpaired) electrons. The lowest BCUT2D eigenvalue weighted by atomic mass is 10.1. The molecule has 0 spiro atoms. The number of carbonyl (C=O) groups excluding carboxylic acids is 1. The van der Waals surface area contributed by atoms with Crippen LogP contribution in [0.1, 0.15) is 16.0 Å². The highest BCUT2D eigenvalue weighted by molar-refractivity contribution is 7.11. The molecule has 0 aliphatic heterocycles. The second-order valence-electron chi connectivity index (χ2n) is 7.22. The lowest BCUT2D eigenvalue weighted by molar-refractivity contribution is -0.111. The van der Waals surface area contributed by atoms with Crippen molar-refractivity contribution in [2.45, 2.75) is 13.8 Å². The molecule has 0 saturated carbocycles. The van der Waals surface area contributed by atoms with Crippen molar-refractivity contribution < 1.29 is 4.79 Å². The van der Waals surface area contributed by atoms with Crippen LogP contribution in [-0.4, -0.2) is 10.5 Å². The Kier molecular flexibility index (Phi) is 6.17. The van der Waals surface area contributed by atoms with E-state index in [1.54, 1.807) is 18.2 Å². The van der Waals surface area contributed by atoms with Crippen LogP contribution in [0.2, 0.25) is 0 Å². The molecule has 0 fully saturated rings. The summed E-state index contributed by atoms with van der Waals surface area (Å²) in [4.78, 5) is 27.3. The van der Waals surface area contributed by atoms with Gasteiger partial charge in [0.25, 0.3) is 11.5 Å². The Morgan fingerprint density at radius 3 is 2.41 bits per heavy atom. The van der Waals surface area contributed by atoms with Crippen LogP contribution < -0.4 is 20.1 Å². The molecule has 1 amide bonds. The highest BCUT2D eigenvalue weighted by atomic mass is 32.1. The Morgan fingerprint density at radius 2 is 1.78 bits per heavy atom. The van der Waals surface area contributed by atoms with Crippen molar-refractivity contribution in [1.82, 2.24) is 4.57 Å². The quantitative estimate of drug-likeness (QED) is 0.508. The molecule has 2 aromatic carbocycles. The average Bonchev–Trinajstić information content (AvgIpc) is 3.37. The smallest absolute Gasteiger partial charge is 0.273 e. The van der Waals surface area contributed by atoms with Crippen molar-refractivity contribution in [1.29, 1.82) is 5.26 Å². The Bertz CT molecular complexity index is 1490. The molecular formula is C25H19N3O2S2. The number of nitrogens with one attached hydrogen (secondary N) is 1. The van der Waals surface area contributed by atoms with Gasteiger partial charge in [0, 0.05) is 10.6 Å². The summed E-state index contributed by atoms with van der Waals surface area (Å²) >= 11 is 2.65. The first-order chi connectivity index (χ1) is 15.5. The Balaban J connectivity index is 1.94. The summed E-state index contributed by atoms with van der Waals surface area (Å²) < 4.78 is 2.19. The predicted molar refractivity (Wildman–Crippen MR) is 131 cm³/mol. The maximum atomic E-state index is 13.3. The molecule has 0 unspecified atom stereocenters. The number of anilines is 1. The number of thiazole rings is 1. The first-order valence-corrected chi connectivity index (χ1v) is 11.5. The number of thiophene rings is 1. The number of nitriles is 1. The van der Waals surface area contributed by atoms with E-state index in [4.69, 9.17) is 0 Å². The summed E-state index contributed by atoms with van der Waals surface area (Å²) in [6, 6.07) is 20.6. The van der Waals surface area contributed by atoms with Crippen molar-refractivity contribution >= 4 is 45.9 Å². The number of rotatable bonds is 4. The summed E-state index contributed by atoms with van der Waals surface area (Å²) in [6.07, 6.45) is 1.79. The third-order valence-corrected chi connectivity index (χ3v) is 6.60. The highest BCUT2D eigenvalue weighted by Crippen LogP contribution is 2.15. The van der Waals surface area contributed by atoms with Crippen LogP contribution in [0.15, 0.2) is 70.8 Å². The SMILES string of the molecule is Cc1cc(C)cc(NC(=O)C(C#N)=c2sc(=Cc3cccs3)c(=O)n2-c2ccccc2)c1. The summed E-state index contributed by atoms with van der Waals surface area (Å²) in [5.41, 5.74) is 2.84. The van der Waals surface area contributed by atoms with Crippen LogP contribution in [0.5, 0.6) is 0 Å². The van der Waals surface area contributed by atoms with Crippen LogP contribution in [0.25, 0.3) is 17.3 Å². The third kappa shape index (κ3) is 4.47. The van der Waals surface area contributed by atoms with Crippen molar-refractivity contribution in [2.24, 2.45) is 0 Å². The number of amides is 1. The molecule has 0 saturated heterocycles. The second kappa shape index (κ2) is 9.18. The number of nitrogens with zero attached hydrogens (tertiary/aromatic N) is 2. The van der Waals surface area contributed by atoms with E-state index in [2.05, 4.69) is 5.32 Å². The Morgan fingerprint density at radius 1 is 1.06 bits per heavy atom. The predicted octanol–water partition coefficient (Wildman–Crippen LogP) is 3.72. The zero-order valence-electron chi connectivity index (χ0n) is 17.5. The van der Waals surface area contributed by atoms with Gasteiger partial charge in [0.15, 0.2) is 5.57 Å². The van der Waals surface area contributed by atoms with E-state index in [-0.39, 0.29) is 11.1 Å². The zero-order chi connectivity index (χ0) is 22.7. The molecule has 1 N–H and O–H groups in total. The van der Waals surface area contributed by atoms with Crippen LogP contribution in [0, 0.1) is 25.2 Å². The molecule has 2 aromatic heterocycles. The number of aryl methyl sites for hydroxylation is 2. The second-order valence-corrected chi connectivity index (χ2v) is 9.23. The van der Waals surface area contributed by atoms with E-state index in [0.717, 1.165) is 27.3 Å². The molecule has 7 heteroatoms. The van der Waals surface area contributed by atoms with Crippen molar-refractivity contribution in [3.63, 3.8) is 0 Å². The zero-order valence-corrected chi connectivity index (χ0v) is 19.1. The minimum Gasteiger partial charge on any atom is -0.321 e.